The molecule has 0 atom stereocenters. The monoisotopic (exact) mass is 482 g/mol. The minimum Gasteiger partial charge on any atom is -0.357 e. The molecule has 0 radical (unpaired) electrons. The molecule has 0 unspecified atom stereocenters. The first-order chi connectivity index (χ1) is 11.7. The molecule has 25 heavy (non-hydrogen) atoms. The molecule has 0 aliphatic heterocycles. The molecule has 1 aromatic carbocycles. The zero-order valence-corrected chi connectivity index (χ0v) is 18.7. The maximum absolute atomic E-state index is 12.9. The van der Waals surface area contributed by atoms with E-state index >= 15 is 0 Å². The molecule has 1 aromatic rings. The van der Waals surface area contributed by atoms with Crippen LogP contribution in [0.25, 0.3) is 0 Å². The van der Waals surface area contributed by atoms with Gasteiger partial charge in [-0.1, -0.05) is 12.1 Å². The number of aliphatic imine (C=N–C) groups is 1. The highest BCUT2D eigenvalue weighted by molar-refractivity contribution is 14.0. The van der Waals surface area contributed by atoms with E-state index in [4.69, 9.17) is 0 Å². The van der Waals surface area contributed by atoms with E-state index in [-0.39, 0.29) is 29.8 Å². The SMILES string of the molecule is CCNC(=NCCCCSC)NCCN(C)Cc1ccc(F)cc1.I. The molecule has 0 fully saturated rings. The molecule has 0 aliphatic carbocycles. The summed E-state index contributed by atoms with van der Waals surface area (Å²) >= 11 is 1.88. The Hall–Kier alpha value is -0.540. The first-order valence-corrected chi connectivity index (χ1v) is 9.99. The van der Waals surface area contributed by atoms with Crippen molar-refractivity contribution in [1.82, 2.24) is 15.5 Å². The molecule has 0 aliphatic rings. The predicted molar refractivity (Wildman–Crippen MR) is 120 cm³/mol. The highest BCUT2D eigenvalue weighted by Crippen LogP contribution is 2.05. The highest BCUT2D eigenvalue weighted by atomic mass is 127. The Balaban J connectivity index is 0.00000576. The van der Waals surface area contributed by atoms with E-state index in [1.165, 1.54) is 24.3 Å². The quantitative estimate of drug-likeness (QED) is 0.219. The molecule has 7 heteroatoms. The summed E-state index contributed by atoms with van der Waals surface area (Å²) in [5.74, 6) is 1.90. The third-order valence-corrected chi connectivity index (χ3v) is 4.22. The van der Waals surface area contributed by atoms with Crippen LogP contribution in [0, 0.1) is 5.82 Å². The third-order valence-electron chi connectivity index (χ3n) is 3.52. The Morgan fingerprint density at radius 1 is 1.20 bits per heavy atom. The number of benzene rings is 1. The van der Waals surface area contributed by atoms with Crippen LogP contribution in [-0.2, 0) is 6.54 Å². The van der Waals surface area contributed by atoms with E-state index < -0.39 is 0 Å². The smallest absolute Gasteiger partial charge is 0.191 e. The average Bonchev–Trinajstić information content (AvgIpc) is 2.56. The number of hydrogen-bond acceptors (Lipinski definition) is 3. The van der Waals surface area contributed by atoms with E-state index in [2.05, 4.69) is 40.8 Å². The van der Waals surface area contributed by atoms with E-state index in [1.807, 2.05) is 23.9 Å². The van der Waals surface area contributed by atoms with E-state index in [1.54, 1.807) is 0 Å². The van der Waals surface area contributed by atoms with Crippen molar-refractivity contribution in [2.45, 2.75) is 26.3 Å². The normalized spacial score (nSPS) is 11.3. The zero-order valence-electron chi connectivity index (χ0n) is 15.6. The molecule has 144 valence electrons. The van der Waals surface area contributed by atoms with Gasteiger partial charge in [0.1, 0.15) is 5.82 Å². The molecule has 0 bridgehead atoms. The number of halogens is 2. The van der Waals surface area contributed by atoms with Gasteiger partial charge in [0.2, 0.25) is 0 Å². The van der Waals surface area contributed by atoms with Gasteiger partial charge in [0.25, 0.3) is 0 Å². The van der Waals surface area contributed by atoms with Gasteiger partial charge in [-0.15, -0.1) is 24.0 Å². The molecular formula is C18H32FIN4S. The standard InChI is InChI=1S/C18H31FN4S.HI/c1-4-20-18(21-11-5-6-14-24-3)22-12-13-23(2)15-16-7-9-17(19)10-8-16;/h7-10H,4-6,11-15H2,1-3H3,(H2,20,21,22);1H. The molecule has 2 N–H and O–H groups in total. The number of thioether (sulfide) groups is 1. The number of nitrogens with one attached hydrogen (secondary N) is 2. The van der Waals surface area contributed by atoms with Gasteiger partial charge in [0.15, 0.2) is 5.96 Å². The summed E-state index contributed by atoms with van der Waals surface area (Å²) in [4.78, 5) is 6.81. The maximum atomic E-state index is 12.9. The summed E-state index contributed by atoms with van der Waals surface area (Å²) in [5, 5.41) is 6.65. The van der Waals surface area contributed by atoms with E-state index in [0.717, 1.165) is 50.7 Å². The minimum absolute atomic E-state index is 0. The fourth-order valence-corrected chi connectivity index (χ4v) is 2.73. The van der Waals surface area contributed by atoms with Gasteiger partial charge in [-0.2, -0.15) is 11.8 Å². The Bertz CT molecular complexity index is 471. The lowest BCUT2D eigenvalue weighted by Gasteiger charge is -2.18. The average molecular weight is 482 g/mol. The summed E-state index contributed by atoms with van der Waals surface area (Å²) in [7, 11) is 2.07. The van der Waals surface area contributed by atoms with Crippen molar-refractivity contribution in [2.24, 2.45) is 4.99 Å². The van der Waals surface area contributed by atoms with Crippen molar-refractivity contribution in [3.8, 4) is 0 Å². The van der Waals surface area contributed by atoms with Crippen molar-refractivity contribution < 1.29 is 4.39 Å². The lowest BCUT2D eigenvalue weighted by Crippen LogP contribution is -2.41. The Morgan fingerprint density at radius 2 is 1.92 bits per heavy atom. The maximum Gasteiger partial charge on any atom is 0.191 e. The van der Waals surface area contributed by atoms with Gasteiger partial charge < -0.3 is 15.5 Å². The highest BCUT2D eigenvalue weighted by Gasteiger charge is 2.02. The molecule has 0 amide bonds. The zero-order chi connectivity index (χ0) is 17.6. The van der Waals surface area contributed by atoms with Gasteiger partial charge in [-0.05, 0) is 56.5 Å². The van der Waals surface area contributed by atoms with Crippen molar-refractivity contribution in [1.29, 1.82) is 0 Å². The van der Waals surface area contributed by atoms with Crippen LogP contribution in [0.1, 0.15) is 25.3 Å². The summed E-state index contributed by atoms with van der Waals surface area (Å²) in [6.45, 7) is 6.34. The summed E-state index contributed by atoms with van der Waals surface area (Å²) < 4.78 is 12.9. The molecular weight excluding hydrogens is 450 g/mol. The second-order valence-corrected chi connectivity index (χ2v) is 6.74. The number of hydrogen-bond donors (Lipinski definition) is 2. The van der Waals surface area contributed by atoms with E-state index in [0.29, 0.717) is 0 Å². The van der Waals surface area contributed by atoms with Gasteiger partial charge in [-0.3, -0.25) is 4.99 Å². The van der Waals surface area contributed by atoms with E-state index in [9.17, 15) is 4.39 Å². The number of rotatable bonds is 11. The summed E-state index contributed by atoms with van der Waals surface area (Å²) in [5.41, 5.74) is 1.12. The molecule has 0 spiro atoms. The van der Waals surface area contributed by atoms with Gasteiger partial charge in [-0.25, -0.2) is 4.39 Å². The topological polar surface area (TPSA) is 39.7 Å². The lowest BCUT2D eigenvalue weighted by molar-refractivity contribution is 0.331. The van der Waals surface area contributed by atoms with Crippen LogP contribution in [-0.4, -0.2) is 56.1 Å². The van der Waals surface area contributed by atoms with Crippen LogP contribution < -0.4 is 10.6 Å². The van der Waals surface area contributed by atoms with Gasteiger partial charge >= 0.3 is 0 Å². The van der Waals surface area contributed by atoms with Gasteiger partial charge in [0.05, 0.1) is 0 Å². The van der Waals surface area contributed by atoms with Crippen molar-refractivity contribution in [3.05, 3.63) is 35.6 Å². The van der Waals surface area contributed by atoms with Crippen molar-refractivity contribution >= 4 is 41.7 Å². The fourth-order valence-electron chi connectivity index (χ4n) is 2.24. The van der Waals surface area contributed by atoms with Crippen LogP contribution in [0.2, 0.25) is 0 Å². The number of guanidine groups is 1. The largest absolute Gasteiger partial charge is 0.357 e. The van der Waals surface area contributed by atoms with Crippen LogP contribution in [0.4, 0.5) is 4.39 Å². The molecule has 0 saturated heterocycles. The number of likely N-dealkylation sites (N-methyl/N-ethyl adjacent to an activating group) is 1. The van der Waals surface area contributed by atoms with Crippen molar-refractivity contribution in [3.63, 3.8) is 0 Å². The molecule has 4 nitrogen and oxygen atoms in total. The predicted octanol–water partition coefficient (Wildman–Crippen LogP) is 3.57. The van der Waals surface area contributed by atoms with Crippen molar-refractivity contribution in [2.75, 3.05) is 45.2 Å². The second kappa shape index (κ2) is 15.7. The number of unbranched alkanes of at least 4 members (excludes halogenated alkanes) is 1. The van der Waals surface area contributed by atoms with Crippen LogP contribution in [0.5, 0.6) is 0 Å². The lowest BCUT2D eigenvalue weighted by atomic mass is 10.2. The number of nitrogens with zero attached hydrogens (tertiary/aromatic N) is 2. The first kappa shape index (κ1) is 24.5. The third kappa shape index (κ3) is 12.4. The Morgan fingerprint density at radius 3 is 2.56 bits per heavy atom. The molecule has 0 saturated carbocycles. The summed E-state index contributed by atoms with van der Waals surface area (Å²) in [6, 6.07) is 6.68. The van der Waals surface area contributed by atoms with Crippen LogP contribution in [0.3, 0.4) is 0 Å². The van der Waals surface area contributed by atoms with Crippen LogP contribution >= 0.6 is 35.7 Å². The fraction of sp³-hybridized carbons (Fsp3) is 0.611. The molecule has 0 aromatic heterocycles. The minimum atomic E-state index is -0.188. The second-order valence-electron chi connectivity index (χ2n) is 5.75. The molecule has 0 heterocycles. The first-order valence-electron chi connectivity index (χ1n) is 8.59. The summed E-state index contributed by atoms with van der Waals surface area (Å²) in [6.07, 6.45) is 4.48. The Kier molecular flexibility index (Phi) is 15.4. The Labute approximate surface area is 173 Å². The molecule has 1 rings (SSSR count). The van der Waals surface area contributed by atoms with Crippen LogP contribution in [0.15, 0.2) is 29.3 Å². The van der Waals surface area contributed by atoms with Gasteiger partial charge in [0, 0.05) is 32.7 Å².